The van der Waals surface area contributed by atoms with Crippen LogP contribution in [0.4, 0.5) is 5.00 Å². The normalized spacial score (nSPS) is 14.8. The Balaban J connectivity index is 1.29. The van der Waals surface area contributed by atoms with Crippen molar-refractivity contribution in [3.05, 3.63) is 82.0 Å². The van der Waals surface area contributed by atoms with E-state index >= 15 is 0 Å². The van der Waals surface area contributed by atoms with Gasteiger partial charge in [0.2, 0.25) is 0 Å². The molecule has 1 amide bonds. The number of nitrogens with zero attached hydrogens (tertiary/aromatic N) is 1. The fraction of sp³-hybridized carbons (Fsp3) is 0.231. The standard InChI is InChI=1S/C26H23N3O5S/c1-33-26(32)23-18-9-7-16(15-5-3-2-4-6-15)12-21(18)35-24(23)29-22(30)13-34-25(31)17-8-10-19-20(11-17)28-14-27-19/h2-6,8,10-11,14,16H,7,9,12-13H2,1H3,(H,27,28)(H,29,30). The predicted octanol–water partition coefficient (Wildman–Crippen LogP) is 4.48. The van der Waals surface area contributed by atoms with Crippen molar-refractivity contribution in [2.24, 2.45) is 0 Å². The van der Waals surface area contributed by atoms with Crippen molar-refractivity contribution < 1.29 is 23.9 Å². The van der Waals surface area contributed by atoms with E-state index < -0.39 is 24.5 Å². The second-order valence-corrected chi connectivity index (χ2v) is 9.41. The number of esters is 2. The molecule has 2 aromatic heterocycles. The summed E-state index contributed by atoms with van der Waals surface area (Å²) >= 11 is 1.38. The number of fused-ring (bicyclic) bond motifs is 2. The summed E-state index contributed by atoms with van der Waals surface area (Å²) in [5.74, 6) is -1.28. The summed E-state index contributed by atoms with van der Waals surface area (Å²) in [6.45, 7) is -0.477. The molecule has 178 valence electrons. The summed E-state index contributed by atoms with van der Waals surface area (Å²) in [5.41, 5.74) is 4.31. The van der Waals surface area contributed by atoms with Crippen LogP contribution in [0.1, 0.15) is 49.1 Å². The number of aromatic nitrogens is 2. The van der Waals surface area contributed by atoms with Gasteiger partial charge in [-0.2, -0.15) is 0 Å². The zero-order chi connectivity index (χ0) is 24.4. The predicted molar refractivity (Wildman–Crippen MR) is 132 cm³/mol. The highest BCUT2D eigenvalue weighted by Crippen LogP contribution is 2.42. The monoisotopic (exact) mass is 489 g/mol. The molecule has 35 heavy (non-hydrogen) atoms. The first-order valence-corrected chi connectivity index (χ1v) is 12.0. The number of aromatic amines is 1. The lowest BCUT2D eigenvalue weighted by Crippen LogP contribution is -2.22. The molecular weight excluding hydrogens is 466 g/mol. The van der Waals surface area contributed by atoms with Gasteiger partial charge < -0.3 is 19.8 Å². The van der Waals surface area contributed by atoms with E-state index in [9.17, 15) is 14.4 Å². The van der Waals surface area contributed by atoms with Crippen LogP contribution in [0.2, 0.25) is 0 Å². The van der Waals surface area contributed by atoms with Crippen LogP contribution in [0.25, 0.3) is 11.0 Å². The molecule has 2 aromatic carbocycles. The van der Waals surface area contributed by atoms with Gasteiger partial charge in [-0.1, -0.05) is 30.3 Å². The maximum atomic E-state index is 12.6. The van der Waals surface area contributed by atoms with Crippen molar-refractivity contribution in [1.82, 2.24) is 9.97 Å². The number of nitrogens with one attached hydrogen (secondary N) is 2. The molecule has 0 saturated heterocycles. The lowest BCUT2D eigenvalue weighted by atomic mass is 9.83. The molecule has 0 fully saturated rings. The van der Waals surface area contributed by atoms with Crippen molar-refractivity contribution >= 4 is 45.2 Å². The molecule has 4 aromatic rings. The highest BCUT2D eigenvalue weighted by Gasteiger charge is 2.30. The summed E-state index contributed by atoms with van der Waals surface area (Å²) in [6.07, 6.45) is 3.95. The van der Waals surface area contributed by atoms with Gasteiger partial charge in [-0.05, 0) is 54.5 Å². The number of imidazole rings is 1. The maximum Gasteiger partial charge on any atom is 0.341 e. The fourth-order valence-corrected chi connectivity index (χ4v) is 5.77. The second kappa shape index (κ2) is 9.71. The van der Waals surface area contributed by atoms with Gasteiger partial charge in [0.15, 0.2) is 6.61 Å². The van der Waals surface area contributed by atoms with Crippen molar-refractivity contribution in [2.75, 3.05) is 19.0 Å². The lowest BCUT2D eigenvalue weighted by Gasteiger charge is -2.22. The molecule has 2 N–H and O–H groups in total. The molecule has 1 unspecified atom stereocenters. The number of carbonyl (C=O) groups excluding carboxylic acids is 3. The summed E-state index contributed by atoms with van der Waals surface area (Å²) < 4.78 is 10.2. The molecule has 0 radical (unpaired) electrons. The van der Waals surface area contributed by atoms with Crippen LogP contribution in [0, 0.1) is 0 Å². The van der Waals surface area contributed by atoms with Gasteiger partial charge >= 0.3 is 11.9 Å². The summed E-state index contributed by atoms with van der Waals surface area (Å²) in [4.78, 5) is 45.7. The number of H-pyrrole nitrogens is 1. The first-order valence-electron chi connectivity index (χ1n) is 11.2. The van der Waals surface area contributed by atoms with E-state index in [4.69, 9.17) is 9.47 Å². The molecule has 0 aliphatic heterocycles. The van der Waals surface area contributed by atoms with Crippen molar-refractivity contribution in [2.45, 2.75) is 25.2 Å². The number of ether oxygens (including phenoxy) is 2. The van der Waals surface area contributed by atoms with Crippen molar-refractivity contribution in [1.29, 1.82) is 0 Å². The van der Waals surface area contributed by atoms with Gasteiger partial charge in [-0.25, -0.2) is 14.6 Å². The molecule has 0 saturated carbocycles. The molecule has 0 bridgehead atoms. The highest BCUT2D eigenvalue weighted by atomic mass is 32.1. The Morgan fingerprint density at radius 1 is 1.14 bits per heavy atom. The Labute approximate surface area is 205 Å². The van der Waals surface area contributed by atoms with Gasteiger partial charge in [-0.3, -0.25) is 4.79 Å². The first kappa shape index (κ1) is 22.8. The van der Waals surface area contributed by atoms with E-state index in [1.54, 1.807) is 18.2 Å². The second-order valence-electron chi connectivity index (χ2n) is 8.31. The zero-order valence-corrected chi connectivity index (χ0v) is 19.8. The van der Waals surface area contributed by atoms with Crippen LogP contribution in [0.5, 0.6) is 0 Å². The number of benzene rings is 2. The van der Waals surface area contributed by atoms with Crippen LogP contribution in [-0.4, -0.2) is 41.5 Å². The van der Waals surface area contributed by atoms with Gasteiger partial charge in [0, 0.05) is 4.88 Å². The largest absolute Gasteiger partial charge is 0.465 e. The van der Waals surface area contributed by atoms with Crippen LogP contribution >= 0.6 is 11.3 Å². The zero-order valence-electron chi connectivity index (χ0n) is 19.0. The Kier molecular flexibility index (Phi) is 6.33. The molecule has 2 heterocycles. The number of hydrogen-bond acceptors (Lipinski definition) is 7. The van der Waals surface area contributed by atoms with Gasteiger partial charge in [0.05, 0.1) is 35.6 Å². The fourth-order valence-electron chi connectivity index (χ4n) is 4.44. The average Bonchev–Trinajstić information content (AvgIpc) is 3.50. The molecule has 0 spiro atoms. The number of thiophene rings is 1. The molecule has 5 rings (SSSR count). The van der Waals surface area contributed by atoms with Crippen LogP contribution < -0.4 is 5.32 Å². The van der Waals surface area contributed by atoms with Gasteiger partial charge in [0.25, 0.3) is 5.91 Å². The number of methoxy groups -OCH3 is 1. The highest BCUT2D eigenvalue weighted by molar-refractivity contribution is 7.17. The quantitative estimate of drug-likeness (QED) is 0.387. The molecule has 1 aliphatic carbocycles. The third-order valence-corrected chi connectivity index (χ3v) is 7.34. The van der Waals surface area contributed by atoms with Crippen LogP contribution in [0.3, 0.4) is 0 Å². The van der Waals surface area contributed by atoms with Crippen molar-refractivity contribution in [3.63, 3.8) is 0 Å². The number of amides is 1. The smallest absolute Gasteiger partial charge is 0.341 e. The lowest BCUT2D eigenvalue weighted by molar-refractivity contribution is -0.119. The van der Waals surface area contributed by atoms with E-state index in [1.807, 2.05) is 18.2 Å². The third-order valence-electron chi connectivity index (χ3n) is 6.17. The first-order chi connectivity index (χ1) is 17.0. The maximum absolute atomic E-state index is 12.6. The summed E-state index contributed by atoms with van der Waals surface area (Å²) in [5, 5.41) is 3.18. The van der Waals surface area contributed by atoms with E-state index in [-0.39, 0.29) is 0 Å². The minimum atomic E-state index is -0.624. The Bertz CT molecular complexity index is 1410. The van der Waals surface area contributed by atoms with Gasteiger partial charge in [-0.15, -0.1) is 11.3 Å². The Hall–Kier alpha value is -3.98. The summed E-state index contributed by atoms with van der Waals surface area (Å²) in [6, 6.07) is 15.2. The minimum Gasteiger partial charge on any atom is -0.465 e. The van der Waals surface area contributed by atoms with E-state index in [0.29, 0.717) is 27.6 Å². The average molecular weight is 490 g/mol. The molecular formula is C26H23N3O5S. The minimum absolute atomic E-state index is 0.309. The number of hydrogen-bond donors (Lipinski definition) is 2. The molecule has 9 heteroatoms. The Morgan fingerprint density at radius 2 is 1.97 bits per heavy atom. The van der Waals surface area contributed by atoms with E-state index in [1.165, 1.54) is 30.3 Å². The van der Waals surface area contributed by atoms with Crippen molar-refractivity contribution in [3.8, 4) is 0 Å². The summed E-state index contributed by atoms with van der Waals surface area (Å²) in [7, 11) is 1.33. The molecule has 1 aliphatic rings. The number of anilines is 1. The Morgan fingerprint density at radius 3 is 2.77 bits per heavy atom. The number of carbonyl (C=O) groups is 3. The SMILES string of the molecule is COC(=O)c1c(NC(=O)COC(=O)c2ccc3nc[nH]c3c2)sc2c1CCC(c1ccccc1)C2. The van der Waals surface area contributed by atoms with E-state index in [2.05, 4.69) is 27.4 Å². The van der Waals surface area contributed by atoms with Gasteiger partial charge in [0.1, 0.15) is 5.00 Å². The number of rotatable bonds is 6. The molecule has 8 nitrogen and oxygen atoms in total. The van der Waals surface area contributed by atoms with E-state index in [0.717, 1.165) is 35.2 Å². The molecule has 1 atom stereocenters. The topological polar surface area (TPSA) is 110 Å². The third kappa shape index (κ3) is 4.67. The van der Waals surface area contributed by atoms with Crippen LogP contribution in [-0.2, 0) is 27.1 Å². The van der Waals surface area contributed by atoms with Crippen LogP contribution in [0.15, 0.2) is 54.9 Å².